The molecule has 2 rings (SSSR count). The Bertz CT molecular complexity index is 475. The van der Waals surface area contributed by atoms with Gasteiger partial charge in [-0.15, -0.1) is 0 Å². The molecule has 0 aliphatic carbocycles. The van der Waals surface area contributed by atoms with Crippen molar-refractivity contribution in [3.8, 4) is 0 Å². The number of nitrogens with one attached hydrogen (secondary N) is 1. The standard InChI is InChI=1S/C13H18N2O5/c1-6-5-10(17)15(7(2)11(6)13(19)20)8-3-4-9(16)14-12(8)18/h6-8,11H,3-5H2,1-2H3,(H,19,20)(H,14,16,18). The maximum absolute atomic E-state index is 12.2. The molecule has 2 saturated heterocycles. The van der Waals surface area contributed by atoms with Crippen molar-refractivity contribution in [2.75, 3.05) is 0 Å². The van der Waals surface area contributed by atoms with Crippen LogP contribution in [0.5, 0.6) is 0 Å². The summed E-state index contributed by atoms with van der Waals surface area (Å²) in [6.07, 6.45) is 0.528. The zero-order valence-electron chi connectivity index (χ0n) is 11.5. The van der Waals surface area contributed by atoms with E-state index in [9.17, 15) is 24.3 Å². The Labute approximate surface area is 116 Å². The van der Waals surface area contributed by atoms with Gasteiger partial charge in [-0.2, -0.15) is 0 Å². The molecule has 0 aromatic heterocycles. The molecule has 3 amide bonds. The van der Waals surface area contributed by atoms with Crippen molar-refractivity contribution in [3.63, 3.8) is 0 Å². The lowest BCUT2D eigenvalue weighted by molar-refractivity contribution is -0.161. The number of hydrogen-bond acceptors (Lipinski definition) is 4. The average Bonchev–Trinajstić information content (AvgIpc) is 2.30. The van der Waals surface area contributed by atoms with Crippen LogP contribution >= 0.6 is 0 Å². The number of amides is 3. The molecule has 0 aromatic rings. The lowest BCUT2D eigenvalue weighted by atomic mass is 9.79. The molecular formula is C13H18N2O5. The van der Waals surface area contributed by atoms with Gasteiger partial charge in [-0.3, -0.25) is 24.5 Å². The minimum absolute atomic E-state index is 0.110. The zero-order valence-corrected chi connectivity index (χ0v) is 11.5. The fourth-order valence-electron chi connectivity index (χ4n) is 3.24. The third-order valence-corrected chi connectivity index (χ3v) is 4.19. The van der Waals surface area contributed by atoms with E-state index in [1.807, 2.05) is 0 Å². The highest BCUT2D eigenvalue weighted by molar-refractivity contribution is 6.02. The van der Waals surface area contributed by atoms with E-state index >= 15 is 0 Å². The normalized spacial score (nSPS) is 34.9. The molecule has 7 nitrogen and oxygen atoms in total. The number of piperidine rings is 2. The minimum Gasteiger partial charge on any atom is -0.481 e. The highest BCUT2D eigenvalue weighted by atomic mass is 16.4. The number of likely N-dealkylation sites (tertiary alicyclic amines) is 1. The van der Waals surface area contributed by atoms with Crippen LogP contribution in [0.1, 0.15) is 33.1 Å². The number of carbonyl (C=O) groups is 4. The van der Waals surface area contributed by atoms with E-state index in [1.54, 1.807) is 13.8 Å². The number of aliphatic carboxylic acids is 1. The van der Waals surface area contributed by atoms with Gasteiger partial charge >= 0.3 is 5.97 Å². The van der Waals surface area contributed by atoms with Crippen molar-refractivity contribution in [1.29, 1.82) is 0 Å². The molecule has 2 aliphatic heterocycles. The van der Waals surface area contributed by atoms with Crippen LogP contribution in [0.25, 0.3) is 0 Å². The first kappa shape index (κ1) is 14.5. The molecule has 2 aliphatic rings. The molecular weight excluding hydrogens is 264 g/mol. The summed E-state index contributed by atoms with van der Waals surface area (Å²) in [4.78, 5) is 47.9. The summed E-state index contributed by atoms with van der Waals surface area (Å²) < 4.78 is 0. The van der Waals surface area contributed by atoms with E-state index in [0.29, 0.717) is 0 Å². The van der Waals surface area contributed by atoms with Gasteiger partial charge in [0.25, 0.3) is 0 Å². The van der Waals surface area contributed by atoms with Gasteiger partial charge in [0.15, 0.2) is 0 Å². The quantitative estimate of drug-likeness (QED) is 0.680. The summed E-state index contributed by atoms with van der Waals surface area (Å²) in [6.45, 7) is 3.38. The Morgan fingerprint density at radius 3 is 2.50 bits per heavy atom. The summed E-state index contributed by atoms with van der Waals surface area (Å²) in [7, 11) is 0. The first-order valence-corrected chi connectivity index (χ1v) is 6.70. The SMILES string of the molecule is CC1CC(=O)N(C2CCC(=O)NC2=O)C(C)C1C(=O)O. The van der Waals surface area contributed by atoms with Gasteiger partial charge in [0.05, 0.1) is 5.92 Å². The fourth-order valence-corrected chi connectivity index (χ4v) is 3.24. The van der Waals surface area contributed by atoms with E-state index < -0.39 is 29.9 Å². The third kappa shape index (κ3) is 2.39. The fraction of sp³-hybridized carbons (Fsp3) is 0.692. The zero-order chi connectivity index (χ0) is 15.0. The number of imide groups is 1. The summed E-state index contributed by atoms with van der Waals surface area (Å²) in [5.41, 5.74) is 0. The van der Waals surface area contributed by atoms with Crippen LogP contribution in [0.2, 0.25) is 0 Å². The molecule has 2 N–H and O–H groups in total. The van der Waals surface area contributed by atoms with Crippen LogP contribution in [0.4, 0.5) is 0 Å². The number of hydrogen-bond donors (Lipinski definition) is 2. The van der Waals surface area contributed by atoms with Gasteiger partial charge in [-0.05, 0) is 19.3 Å². The van der Waals surface area contributed by atoms with Crippen molar-refractivity contribution in [3.05, 3.63) is 0 Å². The molecule has 7 heteroatoms. The predicted molar refractivity (Wildman–Crippen MR) is 67.4 cm³/mol. The second-order valence-corrected chi connectivity index (χ2v) is 5.55. The molecule has 0 spiro atoms. The second-order valence-electron chi connectivity index (χ2n) is 5.55. The van der Waals surface area contributed by atoms with Gasteiger partial charge in [0.1, 0.15) is 6.04 Å². The van der Waals surface area contributed by atoms with Gasteiger partial charge in [-0.25, -0.2) is 0 Å². The van der Waals surface area contributed by atoms with Gasteiger partial charge in [0.2, 0.25) is 17.7 Å². The van der Waals surface area contributed by atoms with Crippen LogP contribution in [0, 0.1) is 11.8 Å². The van der Waals surface area contributed by atoms with Gasteiger partial charge in [0, 0.05) is 18.9 Å². The Hall–Kier alpha value is -1.92. The van der Waals surface area contributed by atoms with E-state index in [1.165, 1.54) is 4.90 Å². The average molecular weight is 282 g/mol. The van der Waals surface area contributed by atoms with Crippen LogP contribution in [-0.2, 0) is 19.2 Å². The highest BCUT2D eigenvalue weighted by Gasteiger charge is 2.46. The maximum Gasteiger partial charge on any atom is 0.308 e. The molecule has 4 unspecified atom stereocenters. The summed E-state index contributed by atoms with van der Waals surface area (Å²) in [5, 5.41) is 11.5. The Morgan fingerprint density at radius 1 is 1.30 bits per heavy atom. The third-order valence-electron chi connectivity index (χ3n) is 4.19. The molecule has 2 heterocycles. The van der Waals surface area contributed by atoms with Crippen molar-refractivity contribution in [2.24, 2.45) is 11.8 Å². The van der Waals surface area contributed by atoms with E-state index in [2.05, 4.69) is 5.32 Å². The topological polar surface area (TPSA) is 104 Å². The van der Waals surface area contributed by atoms with Crippen LogP contribution in [0.3, 0.4) is 0 Å². The van der Waals surface area contributed by atoms with Crippen molar-refractivity contribution >= 4 is 23.7 Å². The van der Waals surface area contributed by atoms with Crippen LogP contribution in [0.15, 0.2) is 0 Å². The predicted octanol–water partition coefficient (Wildman–Crippen LogP) is -0.251. The Morgan fingerprint density at radius 2 is 1.95 bits per heavy atom. The van der Waals surface area contributed by atoms with E-state index in [-0.39, 0.29) is 37.0 Å². The lowest BCUT2D eigenvalue weighted by Gasteiger charge is -2.44. The number of nitrogens with zero attached hydrogens (tertiary/aromatic N) is 1. The van der Waals surface area contributed by atoms with E-state index in [0.717, 1.165) is 0 Å². The Kier molecular flexibility index (Phi) is 3.78. The molecule has 0 bridgehead atoms. The number of carboxylic acids is 1. The summed E-state index contributed by atoms with van der Waals surface area (Å²) in [5.74, 6) is -3.02. The minimum atomic E-state index is -0.963. The van der Waals surface area contributed by atoms with Crippen LogP contribution in [-0.4, -0.2) is 45.8 Å². The van der Waals surface area contributed by atoms with Gasteiger partial charge < -0.3 is 10.0 Å². The lowest BCUT2D eigenvalue weighted by Crippen LogP contribution is -2.62. The smallest absolute Gasteiger partial charge is 0.308 e. The van der Waals surface area contributed by atoms with Crippen molar-refractivity contribution in [2.45, 2.75) is 45.2 Å². The van der Waals surface area contributed by atoms with E-state index in [4.69, 9.17) is 0 Å². The molecule has 20 heavy (non-hydrogen) atoms. The molecule has 110 valence electrons. The number of carbonyl (C=O) groups excluding carboxylic acids is 3. The van der Waals surface area contributed by atoms with Crippen molar-refractivity contribution < 1.29 is 24.3 Å². The molecule has 0 saturated carbocycles. The summed E-state index contributed by atoms with van der Waals surface area (Å²) in [6, 6.07) is -1.31. The largest absolute Gasteiger partial charge is 0.481 e. The monoisotopic (exact) mass is 282 g/mol. The first-order chi connectivity index (χ1) is 9.32. The Balaban J connectivity index is 2.25. The molecule has 2 fully saturated rings. The first-order valence-electron chi connectivity index (χ1n) is 6.70. The molecule has 4 atom stereocenters. The summed E-state index contributed by atoms with van der Waals surface area (Å²) >= 11 is 0. The highest BCUT2D eigenvalue weighted by Crippen LogP contribution is 2.32. The van der Waals surface area contributed by atoms with Crippen molar-refractivity contribution in [1.82, 2.24) is 10.2 Å². The number of carboxylic acid groups (broad SMARTS) is 1. The van der Waals surface area contributed by atoms with Gasteiger partial charge in [-0.1, -0.05) is 6.92 Å². The molecule has 0 radical (unpaired) electrons. The van der Waals surface area contributed by atoms with Crippen LogP contribution < -0.4 is 5.32 Å². The second kappa shape index (κ2) is 5.22. The maximum atomic E-state index is 12.2. The number of rotatable bonds is 2. The molecule has 0 aromatic carbocycles.